The number of nitrogens with one attached hydrogen (secondary N) is 1. The fraction of sp³-hybridized carbons (Fsp3) is 0.632. The summed E-state index contributed by atoms with van der Waals surface area (Å²) in [7, 11) is 3.59. The maximum atomic E-state index is 12.8. The molecule has 1 aliphatic heterocycles. The molecule has 0 spiro atoms. The Hall–Kier alpha value is -1.79. The van der Waals surface area contributed by atoms with Gasteiger partial charge in [0.05, 0.1) is 11.4 Å². The van der Waals surface area contributed by atoms with Gasteiger partial charge in [0.25, 0.3) is 0 Å². The van der Waals surface area contributed by atoms with Crippen molar-refractivity contribution in [2.75, 3.05) is 42.4 Å². The predicted molar refractivity (Wildman–Crippen MR) is 102 cm³/mol. The van der Waals surface area contributed by atoms with E-state index in [0.29, 0.717) is 0 Å². The van der Waals surface area contributed by atoms with E-state index < -0.39 is 0 Å². The summed E-state index contributed by atoms with van der Waals surface area (Å²) in [5.41, 5.74) is 9.21. The van der Waals surface area contributed by atoms with Crippen molar-refractivity contribution < 1.29 is 9.53 Å². The maximum Gasteiger partial charge on any atom is 0.229 e. The molecular weight excluding hydrogens is 316 g/mol. The van der Waals surface area contributed by atoms with Crippen LogP contribution >= 0.6 is 0 Å². The second kappa shape index (κ2) is 8.06. The first-order chi connectivity index (χ1) is 12.1. The topological polar surface area (TPSA) is 70.8 Å². The highest BCUT2D eigenvalue weighted by atomic mass is 16.5. The van der Waals surface area contributed by atoms with Gasteiger partial charge in [-0.3, -0.25) is 10.5 Å². The van der Waals surface area contributed by atoms with Crippen LogP contribution in [0.1, 0.15) is 38.5 Å². The van der Waals surface area contributed by atoms with Crippen LogP contribution in [0.4, 0.5) is 17.1 Å². The van der Waals surface area contributed by atoms with Crippen molar-refractivity contribution in [3.63, 3.8) is 0 Å². The van der Waals surface area contributed by atoms with Crippen LogP contribution in [0.2, 0.25) is 0 Å². The number of carbonyl (C=O) groups excluding carboxylic acids is 1. The molecule has 138 valence electrons. The molecule has 0 radical (unpaired) electrons. The molecule has 25 heavy (non-hydrogen) atoms. The molecule has 0 aromatic heterocycles. The lowest BCUT2D eigenvalue weighted by molar-refractivity contribution is -0.123. The van der Waals surface area contributed by atoms with Crippen molar-refractivity contribution in [3.05, 3.63) is 18.2 Å². The van der Waals surface area contributed by atoms with E-state index in [1.54, 1.807) is 12.0 Å². The first-order valence-electron chi connectivity index (χ1n) is 9.31. The van der Waals surface area contributed by atoms with Crippen molar-refractivity contribution in [3.8, 4) is 0 Å². The Kier molecular flexibility index (Phi) is 5.81. The van der Waals surface area contributed by atoms with E-state index >= 15 is 0 Å². The molecule has 0 bridgehead atoms. The summed E-state index contributed by atoms with van der Waals surface area (Å²) in [4.78, 5) is 16.7. The SMILES string of the molecule is COCCCN1c2ccc(N(C)C(=O)C3CCCCC3)cc2NC1N. The number of carbonyl (C=O) groups is 1. The first-order valence-corrected chi connectivity index (χ1v) is 9.31. The number of benzene rings is 1. The van der Waals surface area contributed by atoms with E-state index in [1.165, 1.54) is 19.3 Å². The molecule has 1 aromatic rings. The number of hydrogen-bond donors (Lipinski definition) is 2. The highest BCUT2D eigenvalue weighted by Gasteiger charge is 2.28. The third kappa shape index (κ3) is 3.90. The van der Waals surface area contributed by atoms with Crippen molar-refractivity contribution in [2.24, 2.45) is 11.7 Å². The molecule has 3 rings (SSSR count). The Bertz CT molecular complexity index is 601. The minimum atomic E-state index is -0.235. The van der Waals surface area contributed by atoms with Crippen LogP contribution in [0.3, 0.4) is 0 Å². The smallest absolute Gasteiger partial charge is 0.229 e. The van der Waals surface area contributed by atoms with Crippen molar-refractivity contribution >= 4 is 23.0 Å². The van der Waals surface area contributed by atoms with E-state index in [1.807, 2.05) is 19.2 Å². The fourth-order valence-corrected chi connectivity index (χ4v) is 3.88. The molecular formula is C19H30N4O2. The van der Waals surface area contributed by atoms with Crippen LogP contribution in [0.25, 0.3) is 0 Å². The number of ether oxygens (including phenoxy) is 1. The summed E-state index contributed by atoms with van der Waals surface area (Å²) in [5, 5.41) is 3.31. The molecule has 3 N–H and O–H groups in total. The number of anilines is 3. The van der Waals surface area contributed by atoms with E-state index in [-0.39, 0.29) is 18.1 Å². The maximum absolute atomic E-state index is 12.8. The van der Waals surface area contributed by atoms with Gasteiger partial charge in [-0.05, 0) is 37.5 Å². The van der Waals surface area contributed by atoms with Gasteiger partial charge in [0.1, 0.15) is 0 Å². The third-order valence-electron chi connectivity index (χ3n) is 5.35. The molecule has 1 amide bonds. The van der Waals surface area contributed by atoms with Gasteiger partial charge in [0.2, 0.25) is 5.91 Å². The number of fused-ring (bicyclic) bond motifs is 1. The Labute approximate surface area is 150 Å². The van der Waals surface area contributed by atoms with Gasteiger partial charge in [-0.15, -0.1) is 0 Å². The lowest BCUT2D eigenvalue weighted by Crippen LogP contribution is -2.43. The molecule has 1 saturated carbocycles. The summed E-state index contributed by atoms with van der Waals surface area (Å²) in [6, 6.07) is 6.11. The van der Waals surface area contributed by atoms with E-state index in [9.17, 15) is 4.79 Å². The lowest BCUT2D eigenvalue weighted by atomic mass is 9.88. The van der Waals surface area contributed by atoms with Gasteiger partial charge in [0, 0.05) is 38.9 Å². The monoisotopic (exact) mass is 346 g/mol. The molecule has 1 aromatic carbocycles. The number of nitrogens with zero attached hydrogens (tertiary/aromatic N) is 2. The summed E-state index contributed by atoms with van der Waals surface area (Å²) in [6.45, 7) is 1.56. The standard InChI is InChI=1S/C19H30N4O2/c1-22(18(24)14-7-4-3-5-8-14)15-9-10-17-16(13-15)21-19(20)23(17)11-6-12-25-2/h9-10,13-14,19,21H,3-8,11-12,20H2,1-2H3. The molecule has 1 atom stereocenters. The quantitative estimate of drug-likeness (QED) is 0.775. The van der Waals surface area contributed by atoms with Crippen LogP contribution < -0.4 is 20.9 Å². The number of hydrogen-bond acceptors (Lipinski definition) is 5. The zero-order valence-electron chi connectivity index (χ0n) is 15.3. The normalized spacial score (nSPS) is 20.3. The zero-order chi connectivity index (χ0) is 17.8. The summed E-state index contributed by atoms with van der Waals surface area (Å²) >= 11 is 0. The first kappa shape index (κ1) is 18.0. The Morgan fingerprint density at radius 1 is 1.36 bits per heavy atom. The van der Waals surface area contributed by atoms with Gasteiger partial charge in [-0.25, -0.2) is 0 Å². The van der Waals surface area contributed by atoms with Crippen molar-refractivity contribution in [2.45, 2.75) is 44.8 Å². The van der Waals surface area contributed by atoms with Crippen LogP contribution in [0, 0.1) is 5.92 Å². The van der Waals surface area contributed by atoms with E-state index in [0.717, 1.165) is 49.5 Å². The largest absolute Gasteiger partial charge is 0.385 e. The van der Waals surface area contributed by atoms with Gasteiger partial charge >= 0.3 is 0 Å². The lowest BCUT2D eigenvalue weighted by Gasteiger charge is -2.27. The molecule has 6 nitrogen and oxygen atoms in total. The fourth-order valence-electron chi connectivity index (χ4n) is 3.88. The average molecular weight is 346 g/mol. The Morgan fingerprint density at radius 3 is 2.84 bits per heavy atom. The zero-order valence-corrected chi connectivity index (χ0v) is 15.3. The van der Waals surface area contributed by atoms with E-state index in [2.05, 4.69) is 16.3 Å². The van der Waals surface area contributed by atoms with Gasteiger partial charge < -0.3 is 19.9 Å². The summed E-state index contributed by atoms with van der Waals surface area (Å²) < 4.78 is 5.13. The minimum absolute atomic E-state index is 0.174. The highest BCUT2D eigenvalue weighted by Crippen LogP contribution is 2.37. The number of nitrogens with two attached hydrogens (primary N) is 1. The van der Waals surface area contributed by atoms with Gasteiger partial charge in [-0.2, -0.15) is 0 Å². The van der Waals surface area contributed by atoms with Crippen LogP contribution in [0.5, 0.6) is 0 Å². The minimum Gasteiger partial charge on any atom is -0.385 e. The summed E-state index contributed by atoms with van der Waals surface area (Å²) in [5.74, 6) is 0.409. The van der Waals surface area contributed by atoms with E-state index in [4.69, 9.17) is 10.5 Å². The molecule has 1 fully saturated rings. The number of amides is 1. The molecule has 1 unspecified atom stereocenters. The summed E-state index contributed by atoms with van der Waals surface area (Å²) in [6.07, 6.45) is 6.32. The van der Waals surface area contributed by atoms with Crippen LogP contribution in [-0.4, -0.2) is 39.5 Å². The number of methoxy groups -OCH3 is 1. The molecule has 1 heterocycles. The second-order valence-corrected chi connectivity index (χ2v) is 7.06. The Balaban J connectivity index is 1.70. The highest BCUT2D eigenvalue weighted by molar-refractivity contribution is 5.96. The number of rotatable bonds is 6. The average Bonchev–Trinajstić information content (AvgIpc) is 2.96. The third-order valence-corrected chi connectivity index (χ3v) is 5.35. The van der Waals surface area contributed by atoms with Gasteiger partial charge in [-0.1, -0.05) is 19.3 Å². The van der Waals surface area contributed by atoms with Crippen molar-refractivity contribution in [1.29, 1.82) is 0 Å². The molecule has 0 saturated heterocycles. The predicted octanol–water partition coefficient (Wildman–Crippen LogP) is 2.74. The molecule has 6 heteroatoms. The molecule has 1 aliphatic carbocycles. The van der Waals surface area contributed by atoms with Crippen molar-refractivity contribution in [1.82, 2.24) is 0 Å². The van der Waals surface area contributed by atoms with Gasteiger partial charge in [0.15, 0.2) is 6.29 Å². The van der Waals surface area contributed by atoms with Crippen LogP contribution in [-0.2, 0) is 9.53 Å². The molecule has 2 aliphatic rings. The second-order valence-electron chi connectivity index (χ2n) is 7.06. The van der Waals surface area contributed by atoms with Crippen LogP contribution in [0.15, 0.2) is 18.2 Å². The Morgan fingerprint density at radius 2 is 2.12 bits per heavy atom.